The van der Waals surface area contributed by atoms with Crippen molar-refractivity contribution in [3.8, 4) is 11.5 Å². The zero-order valence-corrected chi connectivity index (χ0v) is 20.3. The number of benzene rings is 3. The number of ether oxygens (including phenoxy) is 2. The Bertz CT molecular complexity index is 1290. The van der Waals surface area contributed by atoms with Crippen molar-refractivity contribution in [1.82, 2.24) is 4.90 Å². The minimum absolute atomic E-state index is 0.0583. The maximum Gasteiger partial charge on any atom is 0.242 e. The minimum atomic E-state index is -0.559. The van der Waals surface area contributed by atoms with Gasteiger partial charge in [-0.1, -0.05) is 54.2 Å². The molecule has 3 aromatic carbocycles. The number of amides is 2. The number of fused-ring (bicyclic) bond motifs is 1. The minimum Gasteiger partial charge on any atom is -0.454 e. The van der Waals surface area contributed by atoms with E-state index in [0.29, 0.717) is 23.2 Å². The van der Waals surface area contributed by atoms with Crippen LogP contribution in [-0.4, -0.2) is 33.9 Å². The zero-order valence-electron chi connectivity index (χ0n) is 19.5. The lowest BCUT2D eigenvalue weighted by Crippen LogP contribution is -2.33. The molecule has 1 atom stereocenters. The number of carbonyl (C=O) groups excluding carboxylic acids is 2. The van der Waals surface area contributed by atoms with Crippen LogP contribution in [0, 0.1) is 13.8 Å². The van der Waals surface area contributed by atoms with Crippen LogP contribution in [-0.2, 0) is 16.1 Å². The molecule has 0 radical (unpaired) electrons. The molecule has 0 spiro atoms. The van der Waals surface area contributed by atoms with Gasteiger partial charge in [0, 0.05) is 12.1 Å². The van der Waals surface area contributed by atoms with Gasteiger partial charge in [0.1, 0.15) is 5.25 Å². The fraction of sp³-hybridized carbons (Fsp3) is 0.222. The second kappa shape index (κ2) is 9.84. The Morgan fingerprint density at radius 1 is 1.03 bits per heavy atom. The van der Waals surface area contributed by atoms with Crippen LogP contribution >= 0.6 is 11.8 Å². The average Bonchev–Trinajstić information content (AvgIpc) is 3.42. The average molecular weight is 488 g/mol. The van der Waals surface area contributed by atoms with Crippen molar-refractivity contribution >= 4 is 40.1 Å². The van der Waals surface area contributed by atoms with E-state index in [-0.39, 0.29) is 25.0 Å². The van der Waals surface area contributed by atoms with Crippen molar-refractivity contribution in [1.29, 1.82) is 0 Å². The molecule has 2 aliphatic heterocycles. The summed E-state index contributed by atoms with van der Waals surface area (Å²) < 4.78 is 10.9. The standard InChI is InChI=1S/C27H25N3O4S/c1-17-7-6-8-18(2)25(17)29-24(31)14-23-26(32)30(27(35-23)28-20-9-4-3-5-10-20)15-19-11-12-21-22(13-19)34-16-33-21/h3-13,23H,14-16H2,1-2H3,(H,29,31)/t23-/m0/s1. The van der Waals surface area contributed by atoms with Gasteiger partial charge >= 0.3 is 0 Å². The molecule has 0 aliphatic carbocycles. The molecule has 178 valence electrons. The number of nitrogens with one attached hydrogen (secondary N) is 1. The van der Waals surface area contributed by atoms with E-state index in [1.54, 1.807) is 4.90 Å². The summed E-state index contributed by atoms with van der Waals surface area (Å²) in [6.07, 6.45) is 0.0583. The van der Waals surface area contributed by atoms with Crippen molar-refractivity contribution in [2.45, 2.75) is 32.1 Å². The van der Waals surface area contributed by atoms with Gasteiger partial charge in [-0.25, -0.2) is 4.99 Å². The van der Waals surface area contributed by atoms with Crippen LogP contribution in [0.4, 0.5) is 11.4 Å². The second-order valence-corrected chi connectivity index (χ2v) is 9.64. The second-order valence-electron chi connectivity index (χ2n) is 8.47. The summed E-state index contributed by atoms with van der Waals surface area (Å²) in [6, 6.07) is 21.0. The maximum atomic E-state index is 13.5. The van der Waals surface area contributed by atoms with Gasteiger partial charge in [-0.3, -0.25) is 14.5 Å². The first-order valence-corrected chi connectivity index (χ1v) is 12.2. The van der Waals surface area contributed by atoms with E-state index in [1.807, 2.05) is 80.6 Å². The van der Waals surface area contributed by atoms with Crippen LogP contribution in [0.2, 0.25) is 0 Å². The van der Waals surface area contributed by atoms with E-state index < -0.39 is 5.25 Å². The molecular weight excluding hydrogens is 462 g/mol. The largest absolute Gasteiger partial charge is 0.454 e. The molecule has 35 heavy (non-hydrogen) atoms. The van der Waals surface area contributed by atoms with Crippen LogP contribution in [0.25, 0.3) is 0 Å². The predicted molar refractivity (Wildman–Crippen MR) is 137 cm³/mol. The SMILES string of the molecule is Cc1cccc(C)c1NC(=O)C[C@@H]1SC(=Nc2ccccc2)N(Cc2ccc3c(c2)OCO3)C1=O. The van der Waals surface area contributed by atoms with E-state index >= 15 is 0 Å². The fourth-order valence-electron chi connectivity index (χ4n) is 4.08. The summed E-state index contributed by atoms with van der Waals surface area (Å²) in [7, 11) is 0. The predicted octanol–water partition coefficient (Wildman–Crippen LogP) is 5.19. The van der Waals surface area contributed by atoms with E-state index in [4.69, 9.17) is 14.5 Å². The first-order valence-electron chi connectivity index (χ1n) is 11.3. The van der Waals surface area contributed by atoms with Crippen molar-refractivity contribution in [2.75, 3.05) is 12.1 Å². The Kier molecular flexibility index (Phi) is 6.46. The number of rotatable bonds is 6. The molecule has 2 amide bonds. The number of aryl methyl sites for hydroxylation is 2. The number of amidine groups is 1. The third-order valence-electron chi connectivity index (χ3n) is 5.89. The van der Waals surface area contributed by atoms with Crippen molar-refractivity contribution in [3.05, 3.63) is 83.4 Å². The van der Waals surface area contributed by atoms with Crippen LogP contribution in [0.3, 0.4) is 0 Å². The molecule has 0 saturated carbocycles. The number of thioether (sulfide) groups is 1. The van der Waals surface area contributed by atoms with Crippen LogP contribution in [0.1, 0.15) is 23.1 Å². The van der Waals surface area contributed by atoms with Gasteiger partial charge in [-0.15, -0.1) is 0 Å². The Hall–Kier alpha value is -3.78. The molecule has 7 nitrogen and oxygen atoms in total. The van der Waals surface area contributed by atoms with Gasteiger partial charge in [-0.2, -0.15) is 0 Å². The van der Waals surface area contributed by atoms with Gasteiger partial charge in [0.2, 0.25) is 18.6 Å². The first kappa shape index (κ1) is 23.0. The fourth-order valence-corrected chi connectivity index (χ4v) is 5.23. The smallest absolute Gasteiger partial charge is 0.242 e. The van der Waals surface area contributed by atoms with E-state index in [1.165, 1.54) is 11.8 Å². The number of para-hydroxylation sites is 2. The number of hydrogen-bond acceptors (Lipinski definition) is 6. The number of hydrogen-bond donors (Lipinski definition) is 1. The summed E-state index contributed by atoms with van der Waals surface area (Å²) in [4.78, 5) is 32.7. The van der Waals surface area contributed by atoms with E-state index in [9.17, 15) is 9.59 Å². The lowest BCUT2D eigenvalue weighted by Gasteiger charge is -2.17. The number of nitrogens with zero attached hydrogens (tertiary/aromatic N) is 2. The third-order valence-corrected chi connectivity index (χ3v) is 7.07. The highest BCUT2D eigenvalue weighted by Gasteiger charge is 2.39. The van der Waals surface area contributed by atoms with E-state index in [0.717, 1.165) is 28.1 Å². The molecule has 1 saturated heterocycles. The highest BCUT2D eigenvalue weighted by Crippen LogP contribution is 2.36. The monoisotopic (exact) mass is 487 g/mol. The van der Waals surface area contributed by atoms with Crippen LogP contribution in [0.15, 0.2) is 71.7 Å². The lowest BCUT2D eigenvalue weighted by atomic mass is 10.1. The molecule has 5 rings (SSSR count). The number of anilines is 1. The topological polar surface area (TPSA) is 80.2 Å². The van der Waals surface area contributed by atoms with Crippen LogP contribution in [0.5, 0.6) is 11.5 Å². The quantitative estimate of drug-likeness (QED) is 0.517. The molecule has 0 unspecified atom stereocenters. The summed E-state index contributed by atoms with van der Waals surface area (Å²) in [6.45, 7) is 4.42. The first-order chi connectivity index (χ1) is 17.0. The zero-order chi connectivity index (χ0) is 24.4. The van der Waals surface area contributed by atoms with Crippen molar-refractivity contribution in [2.24, 2.45) is 4.99 Å². The Balaban J connectivity index is 1.37. The number of aliphatic imine (C=N–C) groups is 1. The van der Waals surface area contributed by atoms with Gasteiger partial charge in [0.25, 0.3) is 0 Å². The molecule has 8 heteroatoms. The Morgan fingerprint density at radius 3 is 2.54 bits per heavy atom. The molecule has 2 heterocycles. The van der Waals surface area contributed by atoms with Gasteiger partial charge in [0.15, 0.2) is 16.7 Å². The highest BCUT2D eigenvalue weighted by molar-refractivity contribution is 8.15. The molecule has 1 fully saturated rings. The molecule has 0 bridgehead atoms. The summed E-state index contributed by atoms with van der Waals surface area (Å²) in [5.74, 6) is 1.01. The Morgan fingerprint density at radius 2 is 1.77 bits per heavy atom. The van der Waals surface area contributed by atoms with Crippen LogP contribution < -0.4 is 14.8 Å². The maximum absolute atomic E-state index is 13.5. The summed E-state index contributed by atoms with van der Waals surface area (Å²) in [5, 5.41) is 3.00. The highest BCUT2D eigenvalue weighted by atomic mass is 32.2. The third kappa shape index (κ3) is 5.02. The summed E-state index contributed by atoms with van der Waals surface area (Å²) >= 11 is 1.32. The lowest BCUT2D eigenvalue weighted by molar-refractivity contribution is -0.128. The van der Waals surface area contributed by atoms with Gasteiger partial charge in [-0.05, 0) is 54.8 Å². The molecule has 3 aromatic rings. The van der Waals surface area contributed by atoms with Gasteiger partial charge in [0.05, 0.1) is 12.2 Å². The normalized spacial score (nSPS) is 17.8. The molecule has 1 N–H and O–H groups in total. The van der Waals surface area contributed by atoms with Crippen molar-refractivity contribution < 1.29 is 19.1 Å². The van der Waals surface area contributed by atoms with Gasteiger partial charge < -0.3 is 14.8 Å². The molecular formula is C27H25N3O4S. The number of carbonyl (C=O) groups is 2. The molecule has 0 aromatic heterocycles. The molecule has 2 aliphatic rings. The Labute approximate surface area is 208 Å². The summed E-state index contributed by atoms with van der Waals surface area (Å²) in [5.41, 5.74) is 4.41. The van der Waals surface area contributed by atoms with E-state index in [2.05, 4.69) is 5.32 Å². The van der Waals surface area contributed by atoms with Crippen molar-refractivity contribution in [3.63, 3.8) is 0 Å².